The summed E-state index contributed by atoms with van der Waals surface area (Å²) in [7, 11) is 0. The van der Waals surface area contributed by atoms with Gasteiger partial charge in [-0.3, -0.25) is 0 Å². The van der Waals surface area contributed by atoms with Gasteiger partial charge < -0.3 is 9.84 Å². The van der Waals surface area contributed by atoms with E-state index in [0.29, 0.717) is 6.07 Å². The molecular weight excluding hydrogens is 194 g/mol. The normalized spacial score (nSPS) is 9.93. The van der Waals surface area contributed by atoms with Crippen LogP contribution in [0.3, 0.4) is 0 Å². The largest absolute Gasteiger partial charge is 0.493 e. The van der Waals surface area contributed by atoms with Crippen LogP contribution in [0.4, 0.5) is 8.78 Å². The molecule has 0 aliphatic rings. The van der Waals surface area contributed by atoms with E-state index in [9.17, 15) is 13.6 Å². The summed E-state index contributed by atoms with van der Waals surface area (Å²) in [4.78, 5) is 10.6. The third-order valence-corrected chi connectivity index (χ3v) is 1.55. The van der Waals surface area contributed by atoms with Crippen LogP contribution in [-0.2, 0) is 0 Å². The van der Waals surface area contributed by atoms with E-state index in [1.54, 1.807) is 6.92 Å². The molecule has 1 rings (SSSR count). The lowest BCUT2D eigenvalue weighted by Crippen LogP contribution is -2.04. The van der Waals surface area contributed by atoms with Gasteiger partial charge in [0.15, 0.2) is 11.6 Å². The molecule has 1 N–H and O–H groups in total. The van der Waals surface area contributed by atoms with Crippen molar-refractivity contribution in [1.29, 1.82) is 0 Å². The summed E-state index contributed by atoms with van der Waals surface area (Å²) < 4.78 is 30.2. The fourth-order valence-corrected chi connectivity index (χ4v) is 0.971. The van der Waals surface area contributed by atoms with Crippen LogP contribution in [0.5, 0.6) is 5.75 Å². The van der Waals surface area contributed by atoms with Crippen molar-refractivity contribution in [2.24, 2.45) is 0 Å². The predicted octanol–water partition coefficient (Wildman–Crippen LogP) is 2.06. The van der Waals surface area contributed by atoms with Gasteiger partial charge in [0.05, 0.1) is 6.61 Å². The van der Waals surface area contributed by atoms with Crippen molar-refractivity contribution < 1.29 is 23.4 Å². The average Bonchev–Trinajstić information content (AvgIpc) is 2.11. The van der Waals surface area contributed by atoms with E-state index in [-0.39, 0.29) is 17.9 Å². The van der Waals surface area contributed by atoms with E-state index in [4.69, 9.17) is 9.84 Å². The minimum atomic E-state index is -1.35. The van der Waals surface area contributed by atoms with Gasteiger partial charge in [-0.1, -0.05) is 0 Å². The van der Waals surface area contributed by atoms with Crippen LogP contribution in [-0.4, -0.2) is 17.7 Å². The maximum atomic E-state index is 12.7. The maximum absolute atomic E-state index is 12.7. The first kappa shape index (κ1) is 10.4. The standard InChI is InChI=1S/C9H8F2O3/c1-2-14-8-4-7(11)6(10)3-5(8)9(12)13/h3-4H,2H2,1H3,(H,12,13). The van der Waals surface area contributed by atoms with Crippen LogP contribution in [0.25, 0.3) is 0 Å². The van der Waals surface area contributed by atoms with Crippen LogP contribution >= 0.6 is 0 Å². The zero-order valence-corrected chi connectivity index (χ0v) is 7.38. The maximum Gasteiger partial charge on any atom is 0.339 e. The zero-order valence-electron chi connectivity index (χ0n) is 7.38. The molecule has 76 valence electrons. The molecule has 0 aliphatic carbocycles. The summed E-state index contributed by atoms with van der Waals surface area (Å²) in [5, 5.41) is 8.64. The molecule has 1 aromatic rings. The van der Waals surface area contributed by atoms with E-state index in [1.807, 2.05) is 0 Å². The first-order valence-corrected chi connectivity index (χ1v) is 3.91. The van der Waals surface area contributed by atoms with Crippen molar-refractivity contribution >= 4 is 5.97 Å². The highest BCUT2D eigenvalue weighted by molar-refractivity contribution is 5.90. The third-order valence-electron chi connectivity index (χ3n) is 1.55. The van der Waals surface area contributed by atoms with Gasteiger partial charge in [-0.15, -0.1) is 0 Å². The smallest absolute Gasteiger partial charge is 0.339 e. The van der Waals surface area contributed by atoms with Gasteiger partial charge in [0.1, 0.15) is 11.3 Å². The van der Waals surface area contributed by atoms with E-state index in [0.717, 1.165) is 6.07 Å². The van der Waals surface area contributed by atoms with Gasteiger partial charge in [-0.2, -0.15) is 0 Å². The van der Waals surface area contributed by atoms with Crippen molar-refractivity contribution in [3.8, 4) is 5.75 Å². The summed E-state index contributed by atoms with van der Waals surface area (Å²) in [5.41, 5.74) is -0.384. The molecule has 0 aliphatic heterocycles. The number of carboxylic acids is 1. The number of hydrogen-bond donors (Lipinski definition) is 1. The van der Waals surface area contributed by atoms with Gasteiger partial charge >= 0.3 is 5.97 Å². The van der Waals surface area contributed by atoms with Gasteiger partial charge in [-0.05, 0) is 13.0 Å². The summed E-state index contributed by atoms with van der Waals surface area (Å²) >= 11 is 0. The first-order chi connectivity index (χ1) is 6.56. The molecule has 14 heavy (non-hydrogen) atoms. The Morgan fingerprint density at radius 2 is 2.00 bits per heavy atom. The fourth-order valence-electron chi connectivity index (χ4n) is 0.971. The highest BCUT2D eigenvalue weighted by Crippen LogP contribution is 2.22. The summed E-state index contributed by atoms with van der Waals surface area (Å²) in [5.74, 6) is -3.85. The zero-order chi connectivity index (χ0) is 10.7. The molecule has 1 aromatic carbocycles. The predicted molar refractivity (Wildman–Crippen MR) is 44.5 cm³/mol. The Kier molecular flexibility index (Phi) is 3.01. The van der Waals surface area contributed by atoms with Crippen molar-refractivity contribution in [1.82, 2.24) is 0 Å². The van der Waals surface area contributed by atoms with Crippen LogP contribution < -0.4 is 4.74 Å². The third kappa shape index (κ3) is 1.99. The highest BCUT2D eigenvalue weighted by atomic mass is 19.2. The van der Waals surface area contributed by atoms with E-state index < -0.39 is 17.6 Å². The van der Waals surface area contributed by atoms with Gasteiger partial charge in [0.25, 0.3) is 0 Å². The lowest BCUT2D eigenvalue weighted by molar-refractivity contribution is 0.0691. The quantitative estimate of drug-likeness (QED) is 0.815. The van der Waals surface area contributed by atoms with E-state index in [1.165, 1.54) is 0 Å². The second-order valence-electron chi connectivity index (χ2n) is 2.50. The van der Waals surface area contributed by atoms with Gasteiger partial charge in [-0.25, -0.2) is 13.6 Å². The average molecular weight is 202 g/mol. The van der Waals surface area contributed by atoms with Crippen LogP contribution in [0, 0.1) is 11.6 Å². The molecule has 0 saturated heterocycles. The molecule has 0 atom stereocenters. The Labute approximate surface area is 78.9 Å². The van der Waals surface area contributed by atoms with Crippen molar-refractivity contribution in [3.05, 3.63) is 29.3 Å². The van der Waals surface area contributed by atoms with E-state index in [2.05, 4.69) is 0 Å². The molecule has 0 spiro atoms. The summed E-state index contributed by atoms with van der Waals surface area (Å²) in [6.07, 6.45) is 0. The summed E-state index contributed by atoms with van der Waals surface area (Å²) in [6.45, 7) is 1.80. The molecule has 0 heterocycles. The number of carboxylic acid groups (broad SMARTS) is 1. The molecular formula is C9H8F2O3. The number of carbonyl (C=O) groups is 1. The lowest BCUT2D eigenvalue weighted by atomic mass is 10.2. The van der Waals surface area contributed by atoms with Gasteiger partial charge in [0, 0.05) is 6.07 Å². The highest BCUT2D eigenvalue weighted by Gasteiger charge is 2.15. The minimum Gasteiger partial charge on any atom is -0.493 e. The molecule has 0 fully saturated rings. The first-order valence-electron chi connectivity index (χ1n) is 3.91. The van der Waals surface area contributed by atoms with Gasteiger partial charge in [0.2, 0.25) is 0 Å². The van der Waals surface area contributed by atoms with Crippen molar-refractivity contribution in [2.75, 3.05) is 6.61 Å². The number of rotatable bonds is 3. The number of ether oxygens (including phenoxy) is 1. The number of hydrogen-bond acceptors (Lipinski definition) is 2. The molecule has 0 aromatic heterocycles. The molecule has 0 radical (unpaired) electrons. The Hall–Kier alpha value is -1.65. The Bertz CT molecular complexity index is 363. The topological polar surface area (TPSA) is 46.5 Å². The second-order valence-corrected chi connectivity index (χ2v) is 2.50. The molecule has 0 saturated carbocycles. The molecule has 0 bridgehead atoms. The van der Waals surface area contributed by atoms with Crippen LogP contribution in [0.15, 0.2) is 12.1 Å². The second kappa shape index (κ2) is 4.04. The summed E-state index contributed by atoms with van der Waals surface area (Å²) in [6, 6.07) is 1.32. The van der Waals surface area contributed by atoms with Crippen LogP contribution in [0.1, 0.15) is 17.3 Å². The molecule has 5 heteroatoms. The monoisotopic (exact) mass is 202 g/mol. The molecule has 0 amide bonds. The Morgan fingerprint density at radius 1 is 1.43 bits per heavy atom. The van der Waals surface area contributed by atoms with E-state index >= 15 is 0 Å². The SMILES string of the molecule is CCOc1cc(F)c(F)cc1C(=O)O. The Morgan fingerprint density at radius 3 is 2.50 bits per heavy atom. The van der Waals surface area contributed by atoms with Crippen LogP contribution in [0.2, 0.25) is 0 Å². The Balaban J connectivity index is 3.24. The molecule has 3 nitrogen and oxygen atoms in total. The fraction of sp³-hybridized carbons (Fsp3) is 0.222. The van der Waals surface area contributed by atoms with Crippen molar-refractivity contribution in [2.45, 2.75) is 6.92 Å². The lowest BCUT2D eigenvalue weighted by Gasteiger charge is -2.07. The number of benzene rings is 1. The minimum absolute atomic E-state index is 0.168. The number of halogens is 2. The molecule has 0 unspecified atom stereocenters. The number of aromatic carboxylic acids is 1. The van der Waals surface area contributed by atoms with Crippen molar-refractivity contribution in [3.63, 3.8) is 0 Å².